The Balaban J connectivity index is 2.63. The minimum atomic E-state index is -3.98. The zero-order valence-corrected chi connectivity index (χ0v) is 26.4. The van der Waals surface area contributed by atoms with Gasteiger partial charge in [0, 0.05) is 7.05 Å². The van der Waals surface area contributed by atoms with Crippen LogP contribution in [0.5, 0.6) is 0 Å². The van der Waals surface area contributed by atoms with Crippen LogP contribution in [-0.4, -0.2) is 43.0 Å². The van der Waals surface area contributed by atoms with E-state index in [2.05, 4.69) is 13.8 Å². The predicted molar refractivity (Wildman–Crippen MR) is 158 cm³/mol. The molecule has 0 bridgehead atoms. The third-order valence-corrected chi connectivity index (χ3v) is 9.74. The summed E-state index contributed by atoms with van der Waals surface area (Å²) in [5.41, 5.74) is 3.40. The van der Waals surface area contributed by atoms with E-state index >= 15 is 0 Å². The van der Waals surface area contributed by atoms with E-state index < -0.39 is 40.2 Å². The van der Waals surface area contributed by atoms with Crippen LogP contribution in [0.15, 0.2) is 47.4 Å². The molecule has 0 radical (unpaired) electrons. The molecular weight excluding hydrogens is 510 g/mol. The van der Waals surface area contributed by atoms with E-state index in [1.807, 2.05) is 84.0 Å². The summed E-state index contributed by atoms with van der Waals surface area (Å²) >= 11 is 0. The molecule has 0 aliphatic carbocycles. The van der Waals surface area contributed by atoms with Crippen LogP contribution in [0.25, 0.3) is 0 Å². The standard InChI is InChI=1S/C32H49NO5S/c1-19(2)26-17-27(20(3)4)31(28(18-26)21(5)6)39(36,37)33(11)24(10)30(25-15-13-12-14-16-25)38-32(35)23(9)29(34)22(7)8/h12-24,29-30,34H,1-11H3/t23-,24+,29+,30+/m1/s1. The lowest BCUT2D eigenvalue weighted by atomic mass is 9.89. The minimum Gasteiger partial charge on any atom is -0.455 e. The minimum absolute atomic E-state index is 0.00389. The molecule has 7 heteroatoms. The maximum Gasteiger partial charge on any atom is 0.311 e. The molecule has 2 aromatic carbocycles. The first kappa shape index (κ1) is 33.0. The number of sulfonamides is 1. The number of carbonyl (C=O) groups excluding carboxylic acids is 1. The monoisotopic (exact) mass is 559 g/mol. The molecule has 2 rings (SSSR count). The Morgan fingerprint density at radius 1 is 0.795 bits per heavy atom. The number of aliphatic hydroxyl groups is 1. The van der Waals surface area contributed by atoms with Crippen LogP contribution >= 0.6 is 0 Å². The summed E-state index contributed by atoms with van der Waals surface area (Å²) in [6.07, 6.45) is -1.73. The van der Waals surface area contributed by atoms with Gasteiger partial charge < -0.3 is 9.84 Å². The van der Waals surface area contributed by atoms with Crippen molar-refractivity contribution < 1.29 is 23.1 Å². The van der Waals surface area contributed by atoms with E-state index in [1.165, 1.54) is 4.31 Å². The van der Waals surface area contributed by atoms with Crippen LogP contribution in [0.2, 0.25) is 0 Å². The average Bonchev–Trinajstić information content (AvgIpc) is 2.89. The topological polar surface area (TPSA) is 83.9 Å². The summed E-state index contributed by atoms with van der Waals surface area (Å²) in [6.45, 7) is 19.4. The molecule has 0 fully saturated rings. The van der Waals surface area contributed by atoms with Gasteiger partial charge in [0.2, 0.25) is 10.0 Å². The maximum absolute atomic E-state index is 14.4. The number of nitrogens with zero attached hydrogens (tertiary/aromatic N) is 1. The quantitative estimate of drug-likeness (QED) is 0.283. The van der Waals surface area contributed by atoms with Crippen molar-refractivity contribution in [3.05, 3.63) is 64.7 Å². The number of benzene rings is 2. The fourth-order valence-corrected chi connectivity index (χ4v) is 6.80. The summed E-state index contributed by atoms with van der Waals surface area (Å²) in [6, 6.07) is 12.5. The van der Waals surface area contributed by atoms with Crippen LogP contribution in [-0.2, 0) is 19.6 Å². The molecule has 2 aromatic rings. The molecule has 0 saturated heterocycles. The van der Waals surface area contributed by atoms with Crippen molar-refractivity contribution in [1.29, 1.82) is 0 Å². The zero-order valence-electron chi connectivity index (χ0n) is 25.6. The number of hydrogen-bond donors (Lipinski definition) is 1. The normalized spacial score (nSPS) is 15.7. The smallest absolute Gasteiger partial charge is 0.311 e. The summed E-state index contributed by atoms with van der Waals surface area (Å²) in [7, 11) is -2.42. The lowest BCUT2D eigenvalue weighted by Gasteiger charge is -2.34. The van der Waals surface area contributed by atoms with Gasteiger partial charge in [-0.1, -0.05) is 97.9 Å². The molecule has 218 valence electrons. The van der Waals surface area contributed by atoms with Gasteiger partial charge in [-0.2, -0.15) is 4.31 Å². The molecule has 0 aliphatic heterocycles. The lowest BCUT2D eigenvalue weighted by molar-refractivity contribution is -0.161. The number of likely N-dealkylation sites (N-methyl/N-ethyl adjacent to an activating group) is 1. The summed E-state index contributed by atoms with van der Waals surface area (Å²) < 4.78 is 36.1. The molecule has 1 N–H and O–H groups in total. The van der Waals surface area contributed by atoms with Crippen LogP contribution < -0.4 is 0 Å². The molecule has 0 heterocycles. The predicted octanol–water partition coefficient (Wildman–Crippen LogP) is 7.00. The highest BCUT2D eigenvalue weighted by molar-refractivity contribution is 7.89. The van der Waals surface area contributed by atoms with Gasteiger partial charge in [-0.25, -0.2) is 8.42 Å². The van der Waals surface area contributed by atoms with Crippen LogP contribution in [0.3, 0.4) is 0 Å². The van der Waals surface area contributed by atoms with Gasteiger partial charge in [0.05, 0.1) is 23.0 Å². The average molecular weight is 560 g/mol. The number of hydrogen-bond acceptors (Lipinski definition) is 5. The van der Waals surface area contributed by atoms with Gasteiger partial charge in [-0.3, -0.25) is 4.79 Å². The highest BCUT2D eigenvalue weighted by Crippen LogP contribution is 2.38. The molecule has 0 amide bonds. The van der Waals surface area contributed by atoms with Crippen molar-refractivity contribution >= 4 is 16.0 Å². The Bertz CT molecular complexity index is 1180. The third kappa shape index (κ3) is 7.50. The van der Waals surface area contributed by atoms with E-state index in [0.29, 0.717) is 10.5 Å². The fraction of sp³-hybridized carbons (Fsp3) is 0.594. The van der Waals surface area contributed by atoms with E-state index in [-0.39, 0.29) is 23.7 Å². The Hall–Kier alpha value is -2.22. The summed E-state index contributed by atoms with van der Waals surface area (Å²) in [4.78, 5) is 13.5. The molecule has 0 aromatic heterocycles. The van der Waals surface area contributed by atoms with Gasteiger partial charge in [0.1, 0.15) is 6.10 Å². The number of rotatable bonds is 12. The first-order valence-corrected chi connectivity index (χ1v) is 15.5. The second-order valence-corrected chi connectivity index (χ2v) is 14.0. The van der Waals surface area contributed by atoms with Gasteiger partial charge in [-0.15, -0.1) is 0 Å². The van der Waals surface area contributed by atoms with Gasteiger partial charge in [-0.05, 0) is 59.8 Å². The molecule has 0 unspecified atom stereocenters. The Morgan fingerprint density at radius 2 is 1.28 bits per heavy atom. The van der Waals surface area contributed by atoms with Crippen molar-refractivity contribution in [2.75, 3.05) is 7.05 Å². The molecule has 6 nitrogen and oxygen atoms in total. The first-order valence-electron chi connectivity index (χ1n) is 14.1. The highest BCUT2D eigenvalue weighted by Gasteiger charge is 2.38. The second-order valence-electron chi connectivity index (χ2n) is 12.0. The summed E-state index contributed by atoms with van der Waals surface area (Å²) in [5.74, 6) is -1.19. The van der Waals surface area contributed by atoms with Gasteiger partial charge in [0.15, 0.2) is 0 Å². The SMILES string of the molecule is CC(C)c1cc(C(C)C)c(S(=O)(=O)N(C)[C@@H](C)[C@H](OC(=O)[C@H](C)[C@@H](O)C(C)C)c2ccccc2)c(C(C)C)c1. The van der Waals surface area contributed by atoms with E-state index in [9.17, 15) is 18.3 Å². The van der Waals surface area contributed by atoms with Crippen molar-refractivity contribution in [3.63, 3.8) is 0 Å². The molecule has 4 atom stereocenters. The molecule has 0 saturated carbocycles. The number of aliphatic hydroxyl groups excluding tert-OH is 1. The number of esters is 1. The molecule has 0 aliphatic rings. The Kier molecular flexibility index (Phi) is 11.4. The summed E-state index contributed by atoms with van der Waals surface area (Å²) in [5, 5.41) is 10.5. The van der Waals surface area contributed by atoms with Crippen molar-refractivity contribution in [1.82, 2.24) is 4.31 Å². The van der Waals surface area contributed by atoms with E-state index in [0.717, 1.165) is 16.7 Å². The number of carbonyl (C=O) groups is 1. The highest BCUT2D eigenvalue weighted by atomic mass is 32.2. The molecular formula is C32H49NO5S. The van der Waals surface area contributed by atoms with Crippen molar-refractivity contribution in [3.8, 4) is 0 Å². The van der Waals surface area contributed by atoms with Crippen molar-refractivity contribution in [2.45, 2.75) is 110 Å². The largest absolute Gasteiger partial charge is 0.455 e. The van der Waals surface area contributed by atoms with Gasteiger partial charge in [0.25, 0.3) is 0 Å². The third-order valence-electron chi connectivity index (χ3n) is 7.67. The molecule has 39 heavy (non-hydrogen) atoms. The fourth-order valence-electron chi connectivity index (χ4n) is 4.78. The van der Waals surface area contributed by atoms with Crippen LogP contribution in [0.4, 0.5) is 0 Å². The Morgan fingerprint density at radius 3 is 1.69 bits per heavy atom. The zero-order chi connectivity index (χ0) is 29.8. The lowest BCUT2D eigenvalue weighted by Crippen LogP contribution is -2.42. The number of ether oxygens (including phenoxy) is 1. The Labute approximate surface area is 236 Å². The van der Waals surface area contributed by atoms with Crippen molar-refractivity contribution in [2.24, 2.45) is 11.8 Å². The van der Waals surface area contributed by atoms with Crippen LogP contribution in [0.1, 0.15) is 115 Å². The maximum atomic E-state index is 14.4. The first-order chi connectivity index (χ1) is 18.0. The van der Waals surface area contributed by atoms with Crippen LogP contribution in [0, 0.1) is 11.8 Å². The molecule has 0 spiro atoms. The van der Waals surface area contributed by atoms with E-state index in [1.54, 1.807) is 20.9 Å². The van der Waals surface area contributed by atoms with E-state index in [4.69, 9.17) is 4.74 Å². The van der Waals surface area contributed by atoms with Gasteiger partial charge >= 0.3 is 5.97 Å². The second kappa shape index (κ2) is 13.4.